The maximum atomic E-state index is 13.4. The Bertz CT molecular complexity index is 1640. The molecule has 9 heteroatoms. The maximum absolute atomic E-state index is 13.4. The molecule has 5 aromatic rings. The topological polar surface area (TPSA) is 120 Å². The number of carbonyl (C=O) groups excluding carboxylic acids is 1. The van der Waals surface area contributed by atoms with E-state index in [0.717, 1.165) is 48.3 Å². The Morgan fingerprint density at radius 3 is 2.56 bits per heavy atom. The number of hydrogen-bond donors (Lipinski definition) is 3. The molecule has 0 unspecified atom stereocenters. The van der Waals surface area contributed by atoms with Gasteiger partial charge in [0.25, 0.3) is 5.91 Å². The first kappa shape index (κ1) is 24.6. The molecule has 1 aliphatic heterocycles. The summed E-state index contributed by atoms with van der Waals surface area (Å²) in [6.45, 7) is 1.86. The average molecular weight is 520 g/mol. The van der Waals surface area contributed by atoms with Crippen LogP contribution in [0.25, 0.3) is 33.4 Å². The highest BCUT2D eigenvalue weighted by Gasteiger charge is 2.24. The highest BCUT2D eigenvalue weighted by atomic mass is 16.5. The minimum atomic E-state index is -0.223. The smallest absolute Gasteiger partial charge is 0.256 e. The first-order valence-corrected chi connectivity index (χ1v) is 13.0. The van der Waals surface area contributed by atoms with Crippen LogP contribution >= 0.6 is 0 Å². The van der Waals surface area contributed by atoms with Gasteiger partial charge in [-0.3, -0.25) is 4.79 Å². The van der Waals surface area contributed by atoms with Gasteiger partial charge in [0.2, 0.25) is 0 Å². The van der Waals surface area contributed by atoms with Crippen molar-refractivity contribution >= 4 is 28.4 Å². The molecule has 4 N–H and O–H groups in total. The number of benzene rings is 3. The van der Waals surface area contributed by atoms with Crippen molar-refractivity contribution in [2.75, 3.05) is 31.2 Å². The van der Waals surface area contributed by atoms with Gasteiger partial charge in [-0.2, -0.15) is 5.10 Å². The molecule has 1 amide bonds. The third kappa shape index (κ3) is 4.68. The van der Waals surface area contributed by atoms with Crippen LogP contribution in [0, 0.1) is 0 Å². The lowest BCUT2D eigenvalue weighted by Crippen LogP contribution is -2.30. The number of piperidine rings is 1. The molecule has 6 rings (SSSR count). The molecule has 0 saturated carbocycles. The van der Waals surface area contributed by atoms with E-state index in [1.807, 2.05) is 77.5 Å². The quantitative estimate of drug-likeness (QED) is 0.291. The standard InChI is InChI=1S/C30H29N7O2/c1-39-25-17-20(27-26-28(31)33-18-34-29(26)37(36-27)21-13-15-32-16-14-21)11-12-24(25)35-30(38)23-10-6-5-9-22(23)19-7-3-2-4-8-19/h2-12,17-18,21,32H,13-16H2,1H3,(H,35,38)(H2,31,33,34). The summed E-state index contributed by atoms with van der Waals surface area (Å²) in [5.74, 6) is 0.667. The summed E-state index contributed by atoms with van der Waals surface area (Å²) in [6, 6.07) is 23.2. The van der Waals surface area contributed by atoms with Gasteiger partial charge in [0.05, 0.1) is 24.2 Å². The van der Waals surface area contributed by atoms with Gasteiger partial charge < -0.3 is 21.1 Å². The molecule has 0 spiro atoms. The number of ether oxygens (including phenoxy) is 1. The molecule has 0 radical (unpaired) electrons. The second kappa shape index (κ2) is 10.5. The van der Waals surface area contributed by atoms with E-state index < -0.39 is 0 Å². The minimum absolute atomic E-state index is 0.223. The first-order valence-electron chi connectivity index (χ1n) is 13.0. The fraction of sp³-hybridized carbons (Fsp3) is 0.200. The Morgan fingerprint density at radius 1 is 1.00 bits per heavy atom. The van der Waals surface area contributed by atoms with Crippen molar-refractivity contribution in [3.8, 4) is 28.1 Å². The number of nitrogens with zero attached hydrogens (tertiary/aromatic N) is 4. The van der Waals surface area contributed by atoms with Crippen molar-refractivity contribution in [2.24, 2.45) is 0 Å². The van der Waals surface area contributed by atoms with E-state index in [4.69, 9.17) is 15.6 Å². The summed E-state index contributed by atoms with van der Waals surface area (Å²) in [5.41, 5.74) is 11.5. The zero-order valence-electron chi connectivity index (χ0n) is 21.6. The van der Waals surface area contributed by atoms with Crippen LogP contribution in [0.1, 0.15) is 29.2 Å². The van der Waals surface area contributed by atoms with E-state index in [0.29, 0.717) is 33.9 Å². The number of nitrogen functional groups attached to an aromatic ring is 1. The minimum Gasteiger partial charge on any atom is -0.495 e. The normalized spacial score (nSPS) is 13.9. The van der Waals surface area contributed by atoms with Crippen molar-refractivity contribution in [3.05, 3.63) is 84.7 Å². The summed E-state index contributed by atoms with van der Waals surface area (Å²) >= 11 is 0. The lowest BCUT2D eigenvalue weighted by molar-refractivity contribution is 0.102. The van der Waals surface area contributed by atoms with Gasteiger partial charge >= 0.3 is 0 Å². The number of rotatable bonds is 6. The lowest BCUT2D eigenvalue weighted by Gasteiger charge is -2.23. The molecule has 3 aromatic carbocycles. The van der Waals surface area contributed by atoms with Crippen molar-refractivity contribution in [3.63, 3.8) is 0 Å². The van der Waals surface area contributed by atoms with E-state index in [-0.39, 0.29) is 11.9 Å². The second-order valence-electron chi connectivity index (χ2n) is 9.51. The zero-order valence-corrected chi connectivity index (χ0v) is 21.6. The van der Waals surface area contributed by atoms with E-state index in [1.165, 1.54) is 6.33 Å². The second-order valence-corrected chi connectivity index (χ2v) is 9.51. The molecule has 196 valence electrons. The van der Waals surface area contributed by atoms with Gasteiger partial charge in [-0.1, -0.05) is 54.6 Å². The lowest BCUT2D eigenvalue weighted by atomic mass is 9.99. The fourth-order valence-electron chi connectivity index (χ4n) is 5.19. The SMILES string of the molecule is COc1cc(-c2nn(C3CCNCC3)c3ncnc(N)c23)ccc1NC(=O)c1ccccc1-c1ccccc1. The largest absolute Gasteiger partial charge is 0.495 e. The average Bonchev–Trinajstić information content (AvgIpc) is 3.39. The molecule has 1 saturated heterocycles. The van der Waals surface area contributed by atoms with Crippen LogP contribution < -0.4 is 21.1 Å². The number of nitrogens with two attached hydrogens (primary N) is 1. The van der Waals surface area contributed by atoms with Crippen molar-refractivity contribution in [1.29, 1.82) is 0 Å². The highest BCUT2D eigenvalue weighted by Crippen LogP contribution is 2.37. The third-order valence-electron chi connectivity index (χ3n) is 7.15. The van der Waals surface area contributed by atoms with E-state index in [2.05, 4.69) is 20.6 Å². The number of amides is 1. The predicted octanol–water partition coefficient (Wildman–Crippen LogP) is 4.93. The van der Waals surface area contributed by atoms with Crippen molar-refractivity contribution in [1.82, 2.24) is 25.1 Å². The summed E-state index contributed by atoms with van der Waals surface area (Å²) in [4.78, 5) is 22.2. The molecule has 0 bridgehead atoms. The maximum Gasteiger partial charge on any atom is 0.256 e. The van der Waals surface area contributed by atoms with Crippen LogP contribution in [-0.2, 0) is 0 Å². The van der Waals surface area contributed by atoms with Gasteiger partial charge in [-0.15, -0.1) is 0 Å². The molecule has 1 fully saturated rings. The van der Waals surface area contributed by atoms with Gasteiger partial charge in [-0.05, 0) is 55.3 Å². The van der Waals surface area contributed by atoms with Crippen LogP contribution in [0.5, 0.6) is 5.75 Å². The van der Waals surface area contributed by atoms with E-state index in [9.17, 15) is 4.79 Å². The van der Waals surface area contributed by atoms with E-state index in [1.54, 1.807) is 7.11 Å². The first-order chi connectivity index (χ1) is 19.1. The van der Waals surface area contributed by atoms with Crippen LogP contribution in [0.4, 0.5) is 11.5 Å². The van der Waals surface area contributed by atoms with Crippen LogP contribution in [0.15, 0.2) is 79.1 Å². The zero-order chi connectivity index (χ0) is 26.8. The van der Waals surface area contributed by atoms with Gasteiger partial charge in [0, 0.05) is 11.1 Å². The number of anilines is 2. The Hall–Kier alpha value is -4.76. The van der Waals surface area contributed by atoms with E-state index >= 15 is 0 Å². The Morgan fingerprint density at radius 2 is 1.77 bits per heavy atom. The predicted molar refractivity (Wildman–Crippen MR) is 153 cm³/mol. The molecule has 1 aliphatic rings. The molecule has 2 aromatic heterocycles. The van der Waals surface area contributed by atoms with Gasteiger partial charge in [0.15, 0.2) is 5.65 Å². The number of fused-ring (bicyclic) bond motifs is 1. The molecule has 9 nitrogen and oxygen atoms in total. The summed E-state index contributed by atoms with van der Waals surface area (Å²) in [5, 5.41) is 12.1. The number of carbonyl (C=O) groups is 1. The van der Waals surface area contributed by atoms with Gasteiger partial charge in [0.1, 0.15) is 23.6 Å². The van der Waals surface area contributed by atoms with Gasteiger partial charge in [-0.25, -0.2) is 14.6 Å². The number of hydrogen-bond acceptors (Lipinski definition) is 7. The van der Waals surface area contributed by atoms with Crippen LogP contribution in [0.3, 0.4) is 0 Å². The monoisotopic (exact) mass is 519 g/mol. The fourth-order valence-corrected chi connectivity index (χ4v) is 5.19. The van der Waals surface area contributed by atoms with Crippen LogP contribution in [0.2, 0.25) is 0 Å². The molecule has 0 aliphatic carbocycles. The Kier molecular flexibility index (Phi) is 6.64. The Balaban J connectivity index is 1.35. The molecular formula is C30H29N7O2. The summed E-state index contributed by atoms with van der Waals surface area (Å²) in [7, 11) is 1.58. The van der Waals surface area contributed by atoms with Crippen molar-refractivity contribution in [2.45, 2.75) is 18.9 Å². The van der Waals surface area contributed by atoms with Crippen molar-refractivity contribution < 1.29 is 9.53 Å². The van der Waals surface area contributed by atoms with Crippen LogP contribution in [-0.4, -0.2) is 45.9 Å². The highest BCUT2D eigenvalue weighted by molar-refractivity contribution is 6.09. The Labute approximate surface area is 226 Å². The number of aromatic nitrogens is 4. The number of nitrogens with one attached hydrogen (secondary N) is 2. The number of methoxy groups -OCH3 is 1. The third-order valence-corrected chi connectivity index (χ3v) is 7.15. The summed E-state index contributed by atoms with van der Waals surface area (Å²) in [6.07, 6.45) is 3.39. The molecule has 0 atom stereocenters. The summed E-state index contributed by atoms with van der Waals surface area (Å²) < 4.78 is 7.68. The molecular weight excluding hydrogens is 490 g/mol. The molecule has 3 heterocycles. The molecule has 39 heavy (non-hydrogen) atoms.